The third-order valence-corrected chi connectivity index (χ3v) is 1.40. The minimum Gasteiger partial charge on any atom is -0.339 e. The van der Waals surface area contributed by atoms with E-state index in [1.54, 1.807) is 0 Å². The fourth-order valence-electron chi connectivity index (χ4n) is 0.924. The van der Waals surface area contributed by atoms with E-state index in [0.29, 0.717) is 5.92 Å². The van der Waals surface area contributed by atoms with Crippen molar-refractivity contribution >= 4 is 0 Å². The first-order chi connectivity index (χ1) is 3.39. The molecule has 1 nitrogen and oxygen atoms in total. The molecule has 1 atom stereocenters. The first-order valence-electron chi connectivity index (χ1n) is 2.93. The third kappa shape index (κ3) is 3.16. The maximum atomic E-state index is 3.94. The predicted octanol–water partition coefficient (Wildman–Crippen LogP) is 0.818. The Balaban J connectivity index is 0.000000490. The quantitative estimate of drug-likeness (QED) is 0.553. The molecule has 1 heterocycles. The SMILES string of the molecule is [CH2-]C1CCCNC1.[Y+3]. The summed E-state index contributed by atoms with van der Waals surface area (Å²) in [5.41, 5.74) is 0. The van der Waals surface area contributed by atoms with Crippen LogP contribution in [-0.2, 0) is 32.7 Å². The van der Waals surface area contributed by atoms with E-state index in [2.05, 4.69) is 12.2 Å². The molecule has 1 aliphatic rings. The molecule has 0 spiro atoms. The van der Waals surface area contributed by atoms with Gasteiger partial charge in [-0.2, -0.15) is 5.92 Å². The molecule has 0 aliphatic carbocycles. The van der Waals surface area contributed by atoms with Gasteiger partial charge in [0.15, 0.2) is 0 Å². The molecular formula is C6H12NY+2. The Morgan fingerprint density at radius 2 is 2.25 bits per heavy atom. The predicted molar refractivity (Wildman–Crippen MR) is 31.0 cm³/mol. The molecule has 0 bridgehead atoms. The van der Waals surface area contributed by atoms with Crippen molar-refractivity contribution in [2.75, 3.05) is 13.1 Å². The first-order valence-corrected chi connectivity index (χ1v) is 2.93. The van der Waals surface area contributed by atoms with Crippen molar-refractivity contribution in [1.82, 2.24) is 5.32 Å². The molecule has 0 amide bonds. The molecule has 0 aromatic rings. The van der Waals surface area contributed by atoms with E-state index >= 15 is 0 Å². The van der Waals surface area contributed by atoms with Gasteiger partial charge in [-0.1, -0.05) is 6.42 Å². The van der Waals surface area contributed by atoms with Gasteiger partial charge in [0.2, 0.25) is 0 Å². The molecule has 1 N–H and O–H groups in total. The second-order valence-electron chi connectivity index (χ2n) is 2.21. The molecular weight excluding hydrogens is 175 g/mol. The molecule has 0 radical (unpaired) electrons. The van der Waals surface area contributed by atoms with Crippen molar-refractivity contribution in [3.05, 3.63) is 6.92 Å². The summed E-state index contributed by atoms with van der Waals surface area (Å²) < 4.78 is 0. The monoisotopic (exact) mass is 187 g/mol. The van der Waals surface area contributed by atoms with Crippen molar-refractivity contribution in [1.29, 1.82) is 0 Å². The molecule has 8 heavy (non-hydrogen) atoms. The molecule has 1 aliphatic heterocycles. The zero-order valence-corrected chi connectivity index (χ0v) is 8.03. The molecule has 0 aromatic carbocycles. The Morgan fingerprint density at radius 1 is 1.50 bits per heavy atom. The van der Waals surface area contributed by atoms with Gasteiger partial charge in [-0.05, 0) is 19.5 Å². The Bertz CT molecular complexity index is 50.5. The van der Waals surface area contributed by atoms with Crippen molar-refractivity contribution < 1.29 is 32.7 Å². The summed E-state index contributed by atoms with van der Waals surface area (Å²) >= 11 is 0. The van der Waals surface area contributed by atoms with E-state index in [-0.39, 0.29) is 32.7 Å². The van der Waals surface area contributed by atoms with Crippen LogP contribution >= 0.6 is 0 Å². The second kappa shape index (κ2) is 4.90. The topological polar surface area (TPSA) is 12.0 Å². The Morgan fingerprint density at radius 3 is 2.50 bits per heavy atom. The van der Waals surface area contributed by atoms with E-state index in [0.717, 1.165) is 6.54 Å². The van der Waals surface area contributed by atoms with Gasteiger partial charge < -0.3 is 12.2 Å². The normalized spacial score (nSPS) is 28.9. The average Bonchev–Trinajstić information content (AvgIpc) is 1.69. The molecule has 1 saturated heterocycles. The maximum absolute atomic E-state index is 3.94. The molecule has 2 heteroatoms. The summed E-state index contributed by atoms with van der Waals surface area (Å²) in [6, 6.07) is 0. The van der Waals surface area contributed by atoms with Crippen molar-refractivity contribution in [3.63, 3.8) is 0 Å². The van der Waals surface area contributed by atoms with Gasteiger partial charge in [-0.3, -0.25) is 0 Å². The van der Waals surface area contributed by atoms with Crippen molar-refractivity contribution in [2.45, 2.75) is 12.8 Å². The zero-order chi connectivity index (χ0) is 5.11. The van der Waals surface area contributed by atoms with Crippen LogP contribution < -0.4 is 5.32 Å². The third-order valence-electron chi connectivity index (χ3n) is 1.40. The van der Waals surface area contributed by atoms with Crippen LogP contribution in [0.2, 0.25) is 0 Å². The minimum absolute atomic E-state index is 0. The molecule has 42 valence electrons. The van der Waals surface area contributed by atoms with Crippen LogP contribution in [0.3, 0.4) is 0 Å². The Kier molecular flexibility index (Phi) is 5.55. The summed E-state index contributed by atoms with van der Waals surface area (Å²) in [6.45, 7) is 6.26. The fourth-order valence-corrected chi connectivity index (χ4v) is 0.924. The van der Waals surface area contributed by atoms with Crippen LogP contribution in [0.1, 0.15) is 12.8 Å². The fraction of sp³-hybridized carbons (Fsp3) is 0.833. The molecule has 0 saturated carbocycles. The van der Waals surface area contributed by atoms with Crippen LogP contribution in [-0.4, -0.2) is 13.1 Å². The second-order valence-corrected chi connectivity index (χ2v) is 2.21. The van der Waals surface area contributed by atoms with Crippen LogP contribution in [0.25, 0.3) is 0 Å². The molecule has 1 unspecified atom stereocenters. The summed E-state index contributed by atoms with van der Waals surface area (Å²) in [5, 5.41) is 3.27. The van der Waals surface area contributed by atoms with E-state index in [9.17, 15) is 0 Å². The first kappa shape index (κ1) is 9.06. The average molecular weight is 187 g/mol. The van der Waals surface area contributed by atoms with Gasteiger partial charge >= 0.3 is 32.7 Å². The van der Waals surface area contributed by atoms with E-state index in [4.69, 9.17) is 0 Å². The molecule has 1 rings (SSSR count). The smallest absolute Gasteiger partial charge is 0.339 e. The largest absolute Gasteiger partial charge is 3.00 e. The Hall–Kier alpha value is 1.06. The summed E-state index contributed by atoms with van der Waals surface area (Å²) in [4.78, 5) is 0. The molecule has 0 aromatic heterocycles. The van der Waals surface area contributed by atoms with Crippen LogP contribution in [0.15, 0.2) is 0 Å². The van der Waals surface area contributed by atoms with Gasteiger partial charge in [0.1, 0.15) is 0 Å². The van der Waals surface area contributed by atoms with Crippen molar-refractivity contribution in [2.24, 2.45) is 5.92 Å². The van der Waals surface area contributed by atoms with Gasteiger partial charge in [-0.25, -0.2) is 0 Å². The Labute approximate surface area is 76.5 Å². The van der Waals surface area contributed by atoms with E-state index in [1.165, 1.54) is 19.4 Å². The number of hydrogen-bond acceptors (Lipinski definition) is 1. The summed E-state index contributed by atoms with van der Waals surface area (Å²) in [7, 11) is 0. The molecule has 1 fully saturated rings. The van der Waals surface area contributed by atoms with Gasteiger partial charge in [0, 0.05) is 0 Å². The van der Waals surface area contributed by atoms with Gasteiger partial charge in [0.05, 0.1) is 0 Å². The number of hydrogen-bond donors (Lipinski definition) is 1. The van der Waals surface area contributed by atoms with Gasteiger partial charge in [0.25, 0.3) is 0 Å². The number of piperidine rings is 1. The van der Waals surface area contributed by atoms with Crippen LogP contribution in [0.5, 0.6) is 0 Å². The maximum Gasteiger partial charge on any atom is 3.00 e. The standard InChI is InChI=1S/C6H12N.Y/c1-6-3-2-4-7-5-6;/h6-7H,1-5H2;/q-1;+3. The summed E-state index contributed by atoms with van der Waals surface area (Å²) in [6.07, 6.45) is 2.63. The number of nitrogens with one attached hydrogen (secondary N) is 1. The van der Waals surface area contributed by atoms with E-state index in [1.807, 2.05) is 0 Å². The zero-order valence-electron chi connectivity index (χ0n) is 5.19. The summed E-state index contributed by atoms with van der Waals surface area (Å²) in [5.74, 6) is 0.675. The van der Waals surface area contributed by atoms with E-state index < -0.39 is 0 Å². The van der Waals surface area contributed by atoms with Gasteiger partial charge in [-0.15, -0.1) is 0 Å². The minimum atomic E-state index is 0. The van der Waals surface area contributed by atoms with Crippen molar-refractivity contribution in [3.8, 4) is 0 Å². The van der Waals surface area contributed by atoms with Crippen LogP contribution in [0.4, 0.5) is 0 Å². The number of rotatable bonds is 0. The van der Waals surface area contributed by atoms with Crippen LogP contribution in [0, 0.1) is 12.8 Å².